The minimum Gasteiger partial charge on any atom is -0.350 e. The number of halogens is 1. The summed E-state index contributed by atoms with van der Waals surface area (Å²) in [5, 5.41) is 7.52. The van der Waals surface area contributed by atoms with Gasteiger partial charge in [-0.2, -0.15) is 0 Å². The molecule has 0 saturated heterocycles. The van der Waals surface area contributed by atoms with Crippen LogP contribution in [0.1, 0.15) is 46.7 Å². The molecule has 1 heterocycles. The number of nitrogens with two attached hydrogens (primary N) is 1. The number of rotatable bonds is 7. The fourth-order valence-electron chi connectivity index (χ4n) is 2.20. The Kier molecular flexibility index (Phi) is 8.09. The zero-order valence-electron chi connectivity index (χ0n) is 14.4. The fraction of sp³-hybridized carbons (Fsp3) is 0.333. The fourth-order valence-corrected chi connectivity index (χ4v) is 2.82. The second-order valence-electron chi connectivity index (χ2n) is 5.76. The van der Waals surface area contributed by atoms with Gasteiger partial charge in [0.1, 0.15) is 0 Å². The van der Waals surface area contributed by atoms with E-state index in [1.807, 2.05) is 25.3 Å². The maximum absolute atomic E-state index is 12.3. The summed E-state index contributed by atoms with van der Waals surface area (Å²) in [4.78, 5) is 25.0. The Labute approximate surface area is 158 Å². The van der Waals surface area contributed by atoms with Crippen molar-refractivity contribution in [2.24, 2.45) is 5.73 Å². The van der Waals surface area contributed by atoms with Gasteiger partial charge in [-0.3, -0.25) is 9.59 Å². The molecule has 2 aromatic rings. The number of benzene rings is 1. The van der Waals surface area contributed by atoms with E-state index in [0.29, 0.717) is 22.7 Å². The third-order valence-corrected chi connectivity index (χ3v) is 5.01. The Hall–Kier alpha value is -1.89. The van der Waals surface area contributed by atoms with E-state index in [1.165, 1.54) is 11.3 Å². The van der Waals surface area contributed by atoms with E-state index in [-0.39, 0.29) is 29.8 Å². The van der Waals surface area contributed by atoms with Crippen molar-refractivity contribution in [1.82, 2.24) is 5.32 Å². The summed E-state index contributed by atoms with van der Waals surface area (Å²) in [6, 6.07) is 10.5. The van der Waals surface area contributed by atoms with E-state index in [9.17, 15) is 9.59 Å². The van der Waals surface area contributed by atoms with Crippen LogP contribution in [0, 0.1) is 0 Å². The van der Waals surface area contributed by atoms with Crippen molar-refractivity contribution in [3.8, 4) is 0 Å². The minimum absolute atomic E-state index is 0. The lowest BCUT2D eigenvalue weighted by Crippen LogP contribution is -2.49. The molecule has 2 rings (SSSR count). The highest BCUT2D eigenvalue weighted by atomic mass is 35.5. The zero-order chi connectivity index (χ0) is 17.6. The van der Waals surface area contributed by atoms with E-state index in [2.05, 4.69) is 10.6 Å². The molecule has 0 saturated carbocycles. The number of thiophene rings is 1. The normalized spacial score (nSPS) is 10.7. The SMILES string of the molecule is CCC(N)(CC)CNC(=O)c1cccc(NC(=O)c2cccs2)c1.Cl. The first-order valence-electron chi connectivity index (χ1n) is 7.99. The number of amides is 2. The molecule has 5 nitrogen and oxygen atoms in total. The highest BCUT2D eigenvalue weighted by molar-refractivity contribution is 7.12. The molecule has 25 heavy (non-hydrogen) atoms. The first-order valence-corrected chi connectivity index (χ1v) is 8.87. The Morgan fingerprint density at radius 3 is 2.44 bits per heavy atom. The zero-order valence-corrected chi connectivity index (χ0v) is 16.0. The highest BCUT2D eigenvalue weighted by Crippen LogP contribution is 2.15. The topological polar surface area (TPSA) is 84.2 Å². The molecule has 0 aliphatic rings. The summed E-state index contributed by atoms with van der Waals surface area (Å²) in [7, 11) is 0. The van der Waals surface area contributed by atoms with E-state index >= 15 is 0 Å². The van der Waals surface area contributed by atoms with Crippen LogP contribution in [-0.4, -0.2) is 23.9 Å². The van der Waals surface area contributed by atoms with Crippen LogP contribution in [-0.2, 0) is 0 Å². The van der Waals surface area contributed by atoms with Crippen molar-refractivity contribution < 1.29 is 9.59 Å². The summed E-state index contributed by atoms with van der Waals surface area (Å²) in [5.41, 5.74) is 6.90. The predicted octanol–water partition coefficient (Wildman–Crippen LogP) is 3.67. The van der Waals surface area contributed by atoms with Gasteiger partial charge in [0.2, 0.25) is 0 Å². The number of nitrogens with one attached hydrogen (secondary N) is 2. The number of carbonyl (C=O) groups is 2. The van der Waals surface area contributed by atoms with E-state index < -0.39 is 0 Å². The van der Waals surface area contributed by atoms with Gasteiger partial charge in [0, 0.05) is 23.3 Å². The van der Waals surface area contributed by atoms with Gasteiger partial charge in [0.05, 0.1) is 4.88 Å². The maximum atomic E-state index is 12.3. The van der Waals surface area contributed by atoms with Gasteiger partial charge in [0.25, 0.3) is 11.8 Å². The molecule has 136 valence electrons. The second-order valence-corrected chi connectivity index (χ2v) is 6.71. The minimum atomic E-state index is -0.388. The quantitative estimate of drug-likeness (QED) is 0.684. The molecular weight excluding hydrogens is 358 g/mol. The predicted molar refractivity (Wildman–Crippen MR) is 106 cm³/mol. The smallest absolute Gasteiger partial charge is 0.265 e. The molecular formula is C18H24ClN3O2S. The van der Waals surface area contributed by atoms with Crippen LogP contribution in [0.15, 0.2) is 41.8 Å². The van der Waals surface area contributed by atoms with Crippen LogP contribution >= 0.6 is 23.7 Å². The van der Waals surface area contributed by atoms with Crippen molar-refractivity contribution in [1.29, 1.82) is 0 Å². The van der Waals surface area contributed by atoms with Crippen LogP contribution in [0.25, 0.3) is 0 Å². The van der Waals surface area contributed by atoms with Crippen LogP contribution < -0.4 is 16.4 Å². The number of anilines is 1. The molecule has 1 aromatic carbocycles. The first kappa shape index (κ1) is 21.2. The molecule has 0 radical (unpaired) electrons. The summed E-state index contributed by atoms with van der Waals surface area (Å²) in [5.74, 6) is -0.376. The lowest BCUT2D eigenvalue weighted by atomic mass is 9.94. The molecule has 0 spiro atoms. The van der Waals surface area contributed by atoms with Gasteiger partial charge in [-0.25, -0.2) is 0 Å². The number of hydrogen-bond donors (Lipinski definition) is 3. The molecule has 1 aromatic heterocycles. The summed E-state index contributed by atoms with van der Waals surface area (Å²) in [6.45, 7) is 4.44. The monoisotopic (exact) mass is 381 g/mol. The molecule has 0 atom stereocenters. The van der Waals surface area contributed by atoms with Gasteiger partial charge in [-0.05, 0) is 42.5 Å². The van der Waals surface area contributed by atoms with E-state index in [0.717, 1.165) is 12.8 Å². The van der Waals surface area contributed by atoms with E-state index in [1.54, 1.807) is 30.3 Å². The second kappa shape index (κ2) is 9.56. The van der Waals surface area contributed by atoms with Gasteiger partial charge in [-0.15, -0.1) is 23.7 Å². The molecule has 2 amide bonds. The Balaban J connectivity index is 0.00000312. The van der Waals surface area contributed by atoms with Crippen molar-refractivity contribution in [3.05, 3.63) is 52.2 Å². The van der Waals surface area contributed by atoms with Gasteiger partial charge in [-0.1, -0.05) is 26.0 Å². The van der Waals surface area contributed by atoms with Crippen LogP contribution in [0.5, 0.6) is 0 Å². The lowest BCUT2D eigenvalue weighted by Gasteiger charge is -2.26. The molecule has 0 fully saturated rings. The third-order valence-electron chi connectivity index (χ3n) is 4.14. The molecule has 7 heteroatoms. The van der Waals surface area contributed by atoms with Crippen molar-refractivity contribution in [2.75, 3.05) is 11.9 Å². The Morgan fingerprint density at radius 1 is 1.12 bits per heavy atom. The summed E-state index contributed by atoms with van der Waals surface area (Å²) in [6.07, 6.45) is 1.58. The van der Waals surface area contributed by atoms with Crippen LogP contribution in [0.4, 0.5) is 5.69 Å². The average Bonchev–Trinajstić information content (AvgIpc) is 3.14. The van der Waals surface area contributed by atoms with Crippen LogP contribution in [0.3, 0.4) is 0 Å². The Morgan fingerprint density at radius 2 is 1.84 bits per heavy atom. The van der Waals surface area contributed by atoms with Crippen LogP contribution in [0.2, 0.25) is 0 Å². The van der Waals surface area contributed by atoms with Gasteiger partial charge < -0.3 is 16.4 Å². The standard InChI is InChI=1S/C18H23N3O2S.ClH/c1-3-18(19,4-2)12-20-16(22)13-7-5-8-14(11-13)21-17(23)15-9-6-10-24-15;/h5-11H,3-4,12,19H2,1-2H3,(H,20,22)(H,21,23);1H. The molecule has 0 aliphatic heterocycles. The van der Waals surface area contributed by atoms with Crippen molar-refractivity contribution in [2.45, 2.75) is 32.2 Å². The number of hydrogen-bond acceptors (Lipinski definition) is 4. The molecule has 0 bridgehead atoms. The van der Waals surface area contributed by atoms with E-state index in [4.69, 9.17) is 5.73 Å². The van der Waals surface area contributed by atoms with Crippen molar-refractivity contribution in [3.63, 3.8) is 0 Å². The lowest BCUT2D eigenvalue weighted by molar-refractivity contribution is 0.0941. The average molecular weight is 382 g/mol. The highest BCUT2D eigenvalue weighted by Gasteiger charge is 2.21. The summed E-state index contributed by atoms with van der Waals surface area (Å²) >= 11 is 1.37. The van der Waals surface area contributed by atoms with Gasteiger partial charge in [0.15, 0.2) is 0 Å². The van der Waals surface area contributed by atoms with Crippen molar-refractivity contribution >= 4 is 41.2 Å². The first-order chi connectivity index (χ1) is 11.5. The largest absolute Gasteiger partial charge is 0.350 e. The molecule has 0 aliphatic carbocycles. The molecule has 4 N–H and O–H groups in total. The Bertz CT molecular complexity index is 700. The number of carbonyl (C=O) groups excluding carboxylic acids is 2. The maximum Gasteiger partial charge on any atom is 0.265 e. The summed E-state index contributed by atoms with van der Waals surface area (Å²) < 4.78 is 0. The molecule has 0 unspecified atom stereocenters. The third kappa shape index (κ3) is 5.85. The van der Waals surface area contributed by atoms with Gasteiger partial charge >= 0.3 is 0 Å².